The minimum absolute atomic E-state index is 0.131. The molecule has 0 radical (unpaired) electrons. The monoisotopic (exact) mass is 389 g/mol. The lowest BCUT2D eigenvalue weighted by atomic mass is 10.0. The summed E-state index contributed by atoms with van der Waals surface area (Å²) in [6.45, 7) is 1.66. The number of nitrogens with one attached hydrogen (secondary N) is 1. The van der Waals surface area contributed by atoms with Gasteiger partial charge in [-0.15, -0.1) is 0 Å². The van der Waals surface area contributed by atoms with Gasteiger partial charge in [0.2, 0.25) is 0 Å². The van der Waals surface area contributed by atoms with Crippen molar-refractivity contribution in [3.63, 3.8) is 0 Å². The molecule has 0 fully saturated rings. The Hall–Kier alpha value is -2.21. The first-order chi connectivity index (χ1) is 11.7. The Balaban J connectivity index is 1.49. The number of guanidine groups is 1. The van der Waals surface area contributed by atoms with Crippen LogP contribution in [-0.2, 0) is 0 Å². The number of benzene rings is 2. The van der Waals surface area contributed by atoms with E-state index in [4.69, 9.17) is 15.2 Å². The summed E-state index contributed by atoms with van der Waals surface area (Å²) in [4.78, 5) is 4.33. The first-order valence-electron chi connectivity index (χ1n) is 7.89. The van der Waals surface area contributed by atoms with E-state index < -0.39 is 0 Å². The van der Waals surface area contributed by atoms with E-state index in [1.807, 2.05) is 42.5 Å². The molecule has 1 aliphatic rings. The second kappa shape index (κ2) is 8.06. The van der Waals surface area contributed by atoms with Gasteiger partial charge in [-0.3, -0.25) is 0 Å². The third-order valence-corrected chi connectivity index (χ3v) is 4.27. The standard InChI is InChI=1S/C18H20BrN3O2/c19-13-5-7-14(8-6-13)23-12-10-21-18(20)22-16-9-11-24-17-4-2-1-3-15(16)17/h1-8,16H,9-12H2,(H3,20,21,22). The Morgan fingerprint density at radius 2 is 2.04 bits per heavy atom. The molecule has 5 nitrogen and oxygen atoms in total. The van der Waals surface area contributed by atoms with Crippen LogP contribution in [0.1, 0.15) is 18.0 Å². The lowest BCUT2D eigenvalue weighted by molar-refractivity contribution is 0.262. The van der Waals surface area contributed by atoms with Gasteiger partial charge in [0.25, 0.3) is 0 Å². The van der Waals surface area contributed by atoms with E-state index in [9.17, 15) is 0 Å². The maximum Gasteiger partial charge on any atom is 0.189 e. The van der Waals surface area contributed by atoms with Gasteiger partial charge in [0.05, 0.1) is 19.2 Å². The van der Waals surface area contributed by atoms with Crippen molar-refractivity contribution < 1.29 is 9.47 Å². The van der Waals surface area contributed by atoms with E-state index in [1.165, 1.54) is 0 Å². The molecule has 0 aromatic heterocycles. The summed E-state index contributed by atoms with van der Waals surface area (Å²) in [6, 6.07) is 15.8. The Morgan fingerprint density at radius 1 is 1.25 bits per heavy atom. The summed E-state index contributed by atoms with van der Waals surface area (Å²) in [5.74, 6) is 2.15. The van der Waals surface area contributed by atoms with Crippen LogP contribution in [0, 0.1) is 0 Å². The zero-order valence-electron chi connectivity index (χ0n) is 13.2. The molecule has 126 valence electrons. The number of hydrogen-bond acceptors (Lipinski definition) is 3. The average molecular weight is 390 g/mol. The molecular weight excluding hydrogens is 370 g/mol. The van der Waals surface area contributed by atoms with Crippen LogP contribution in [0.15, 0.2) is 58.0 Å². The van der Waals surface area contributed by atoms with Gasteiger partial charge >= 0.3 is 0 Å². The smallest absolute Gasteiger partial charge is 0.189 e. The summed E-state index contributed by atoms with van der Waals surface area (Å²) in [6.07, 6.45) is 0.864. The Morgan fingerprint density at radius 3 is 2.88 bits per heavy atom. The number of rotatable bonds is 5. The lowest BCUT2D eigenvalue weighted by Crippen LogP contribution is -2.37. The maximum atomic E-state index is 6.00. The highest BCUT2D eigenvalue weighted by molar-refractivity contribution is 9.10. The van der Waals surface area contributed by atoms with E-state index in [2.05, 4.69) is 32.3 Å². The zero-order valence-corrected chi connectivity index (χ0v) is 14.8. The molecule has 2 aromatic rings. The second-order valence-corrected chi connectivity index (χ2v) is 6.36. The first kappa shape index (κ1) is 16.6. The van der Waals surface area contributed by atoms with Crippen molar-refractivity contribution in [3.8, 4) is 11.5 Å². The summed E-state index contributed by atoms with van der Waals surface area (Å²) in [5.41, 5.74) is 7.12. The fourth-order valence-electron chi connectivity index (χ4n) is 2.58. The molecule has 3 N–H and O–H groups in total. The first-order valence-corrected chi connectivity index (χ1v) is 8.68. The molecule has 0 saturated carbocycles. The normalized spacial score (nSPS) is 16.9. The summed E-state index contributed by atoms with van der Waals surface area (Å²) < 4.78 is 12.3. The lowest BCUT2D eigenvalue weighted by Gasteiger charge is -2.26. The molecular formula is C18H20BrN3O2. The topological polar surface area (TPSA) is 68.9 Å². The SMILES string of the molecule is NC(=NCCOc1ccc(Br)cc1)NC1CCOc2ccccc21. The number of hydrogen-bond donors (Lipinski definition) is 2. The van der Waals surface area contributed by atoms with Crippen molar-refractivity contribution >= 4 is 21.9 Å². The van der Waals surface area contributed by atoms with Crippen molar-refractivity contribution in [2.24, 2.45) is 10.7 Å². The van der Waals surface area contributed by atoms with Crippen molar-refractivity contribution in [2.45, 2.75) is 12.5 Å². The van der Waals surface area contributed by atoms with Crippen LogP contribution in [-0.4, -0.2) is 25.7 Å². The van der Waals surface area contributed by atoms with Crippen molar-refractivity contribution in [1.29, 1.82) is 0 Å². The minimum Gasteiger partial charge on any atom is -0.493 e. The van der Waals surface area contributed by atoms with Gasteiger partial charge in [0, 0.05) is 16.5 Å². The van der Waals surface area contributed by atoms with Gasteiger partial charge in [-0.25, -0.2) is 4.99 Å². The molecule has 1 aliphatic heterocycles. The maximum absolute atomic E-state index is 6.00. The van der Waals surface area contributed by atoms with Gasteiger partial charge in [0.15, 0.2) is 5.96 Å². The van der Waals surface area contributed by atoms with E-state index >= 15 is 0 Å². The largest absolute Gasteiger partial charge is 0.493 e. The van der Waals surface area contributed by atoms with Crippen LogP contribution in [0.2, 0.25) is 0 Å². The van der Waals surface area contributed by atoms with Gasteiger partial charge in [-0.1, -0.05) is 34.1 Å². The third-order valence-electron chi connectivity index (χ3n) is 3.74. The molecule has 24 heavy (non-hydrogen) atoms. The zero-order chi connectivity index (χ0) is 16.8. The Kier molecular flexibility index (Phi) is 5.59. The predicted molar refractivity (Wildman–Crippen MR) is 98.6 cm³/mol. The number of nitrogens with two attached hydrogens (primary N) is 1. The van der Waals surface area contributed by atoms with Crippen LogP contribution in [0.25, 0.3) is 0 Å². The fourth-order valence-corrected chi connectivity index (χ4v) is 2.84. The molecule has 1 heterocycles. The quantitative estimate of drug-likeness (QED) is 0.467. The second-order valence-electron chi connectivity index (χ2n) is 5.44. The van der Waals surface area contributed by atoms with Gasteiger partial charge in [-0.05, 0) is 30.3 Å². The van der Waals surface area contributed by atoms with Crippen LogP contribution in [0.4, 0.5) is 0 Å². The summed E-state index contributed by atoms with van der Waals surface area (Å²) in [7, 11) is 0. The van der Waals surface area contributed by atoms with E-state index in [-0.39, 0.29) is 6.04 Å². The van der Waals surface area contributed by atoms with Crippen LogP contribution in [0.5, 0.6) is 11.5 Å². The number of nitrogens with zero attached hydrogens (tertiary/aromatic N) is 1. The van der Waals surface area contributed by atoms with Crippen LogP contribution in [0.3, 0.4) is 0 Å². The molecule has 2 aromatic carbocycles. The molecule has 1 unspecified atom stereocenters. The van der Waals surface area contributed by atoms with Gasteiger partial charge in [-0.2, -0.15) is 0 Å². The molecule has 0 bridgehead atoms. The van der Waals surface area contributed by atoms with Crippen molar-refractivity contribution in [2.75, 3.05) is 19.8 Å². The Bertz CT molecular complexity index is 704. The van der Waals surface area contributed by atoms with Crippen molar-refractivity contribution in [1.82, 2.24) is 5.32 Å². The highest BCUT2D eigenvalue weighted by atomic mass is 79.9. The number of halogens is 1. The van der Waals surface area contributed by atoms with Crippen LogP contribution < -0.4 is 20.5 Å². The van der Waals surface area contributed by atoms with Gasteiger partial charge in [0.1, 0.15) is 18.1 Å². The molecule has 3 rings (SSSR count). The molecule has 0 spiro atoms. The highest BCUT2D eigenvalue weighted by Crippen LogP contribution is 2.31. The number of fused-ring (bicyclic) bond motifs is 1. The molecule has 1 atom stereocenters. The molecule has 0 amide bonds. The number of ether oxygens (including phenoxy) is 2. The minimum atomic E-state index is 0.131. The highest BCUT2D eigenvalue weighted by Gasteiger charge is 2.21. The van der Waals surface area contributed by atoms with E-state index in [0.717, 1.165) is 28.0 Å². The predicted octanol–water partition coefficient (Wildman–Crippen LogP) is 3.26. The van der Waals surface area contributed by atoms with E-state index in [1.54, 1.807) is 0 Å². The fraction of sp³-hybridized carbons (Fsp3) is 0.278. The Labute approximate surface area is 150 Å². The van der Waals surface area contributed by atoms with Crippen LogP contribution >= 0.6 is 15.9 Å². The van der Waals surface area contributed by atoms with E-state index in [0.29, 0.717) is 25.7 Å². The van der Waals surface area contributed by atoms with Crippen molar-refractivity contribution in [3.05, 3.63) is 58.6 Å². The summed E-state index contributed by atoms with van der Waals surface area (Å²) in [5, 5.41) is 3.27. The number of para-hydroxylation sites is 1. The number of aliphatic imine (C=N–C) groups is 1. The van der Waals surface area contributed by atoms with Gasteiger partial charge < -0.3 is 20.5 Å². The summed E-state index contributed by atoms with van der Waals surface area (Å²) >= 11 is 3.39. The third kappa shape index (κ3) is 4.41. The molecule has 0 saturated heterocycles. The molecule has 6 heteroatoms. The average Bonchev–Trinajstić information content (AvgIpc) is 2.61. The molecule has 0 aliphatic carbocycles.